The third-order valence-corrected chi connectivity index (χ3v) is 5.65. The van der Waals surface area contributed by atoms with Gasteiger partial charge in [0.1, 0.15) is 0 Å². The first-order chi connectivity index (χ1) is 13.4. The third-order valence-electron chi connectivity index (χ3n) is 3.77. The van der Waals surface area contributed by atoms with Crippen molar-refractivity contribution in [3.05, 3.63) is 81.3 Å². The molecule has 1 heterocycles. The first kappa shape index (κ1) is 20.3. The summed E-state index contributed by atoms with van der Waals surface area (Å²) in [5.41, 5.74) is 0.312. The lowest BCUT2D eigenvalue weighted by atomic mass is 10.1. The second-order valence-electron chi connectivity index (χ2n) is 5.69. The van der Waals surface area contributed by atoms with Crippen molar-refractivity contribution >= 4 is 34.7 Å². The Labute approximate surface area is 165 Å². The summed E-state index contributed by atoms with van der Waals surface area (Å²) in [6, 6.07) is 8.72. The first-order valence-electron chi connectivity index (χ1n) is 7.91. The molecule has 0 unspecified atom stereocenters. The van der Waals surface area contributed by atoms with Crippen LogP contribution in [-0.2, 0) is 17.0 Å². The average Bonchev–Trinajstić information content (AvgIpc) is 3.21. The molecular formula is C19H12F5NOS2. The molecule has 9 heteroatoms. The molecular weight excluding hydrogens is 417 g/mol. The third kappa shape index (κ3) is 4.36. The number of carbonyl (C=O) groups is 1. The summed E-state index contributed by atoms with van der Waals surface area (Å²) in [5.74, 6) is -10.7. The van der Waals surface area contributed by atoms with Crippen molar-refractivity contribution in [3.63, 3.8) is 0 Å². The molecule has 0 bridgehead atoms. The van der Waals surface area contributed by atoms with Crippen LogP contribution in [0.5, 0.6) is 0 Å². The fraction of sp³-hybridized carbons (Fsp3) is 0.105. The van der Waals surface area contributed by atoms with E-state index in [4.69, 9.17) is 0 Å². The molecule has 1 amide bonds. The summed E-state index contributed by atoms with van der Waals surface area (Å²) in [4.78, 5) is 12.9. The first-order valence-corrected chi connectivity index (χ1v) is 9.84. The fourth-order valence-electron chi connectivity index (χ4n) is 2.39. The maximum Gasteiger partial charge on any atom is 0.229 e. The predicted octanol–water partition coefficient (Wildman–Crippen LogP) is 5.92. The summed E-state index contributed by atoms with van der Waals surface area (Å²) in [6.45, 7) is 0. The highest BCUT2D eigenvalue weighted by molar-refractivity contribution is 7.98. The van der Waals surface area contributed by atoms with Crippen molar-refractivity contribution in [2.75, 3.05) is 5.32 Å². The van der Waals surface area contributed by atoms with Gasteiger partial charge in [0.25, 0.3) is 0 Å². The maximum atomic E-state index is 13.8. The minimum Gasteiger partial charge on any atom is -0.325 e. The summed E-state index contributed by atoms with van der Waals surface area (Å²) in [5, 5.41) is 6.39. The normalized spacial score (nSPS) is 10.9. The number of carbonyl (C=O) groups excluding carboxylic acids is 1. The number of rotatable bonds is 6. The zero-order valence-corrected chi connectivity index (χ0v) is 15.7. The number of anilines is 1. The van der Waals surface area contributed by atoms with E-state index in [0.717, 1.165) is 5.56 Å². The Morgan fingerprint density at radius 3 is 2.21 bits per heavy atom. The molecule has 3 aromatic rings. The lowest BCUT2D eigenvalue weighted by Crippen LogP contribution is -2.18. The Kier molecular flexibility index (Phi) is 6.35. The van der Waals surface area contributed by atoms with Gasteiger partial charge in [-0.2, -0.15) is 11.3 Å². The SMILES string of the molecule is O=C(Cc1c(F)c(F)c(F)c(F)c1F)Nc1ccccc1SCc1ccsc1. The van der Waals surface area contributed by atoms with Gasteiger partial charge in [0.05, 0.1) is 12.1 Å². The zero-order chi connectivity index (χ0) is 20.3. The molecule has 0 aliphatic heterocycles. The number of halogens is 5. The van der Waals surface area contributed by atoms with E-state index in [1.165, 1.54) is 11.8 Å². The largest absolute Gasteiger partial charge is 0.325 e. The highest BCUT2D eigenvalue weighted by Gasteiger charge is 2.27. The van der Waals surface area contributed by atoms with Crippen LogP contribution in [0.3, 0.4) is 0 Å². The number of para-hydroxylation sites is 1. The molecule has 0 atom stereocenters. The molecule has 0 radical (unpaired) electrons. The average molecular weight is 429 g/mol. The van der Waals surface area contributed by atoms with E-state index in [9.17, 15) is 26.7 Å². The summed E-state index contributed by atoms with van der Waals surface area (Å²) < 4.78 is 67.2. The second-order valence-corrected chi connectivity index (χ2v) is 7.49. The van der Waals surface area contributed by atoms with Crippen LogP contribution in [0, 0.1) is 29.1 Å². The molecule has 2 nitrogen and oxygen atoms in total. The van der Waals surface area contributed by atoms with E-state index in [0.29, 0.717) is 16.3 Å². The number of thiophene rings is 1. The molecule has 28 heavy (non-hydrogen) atoms. The lowest BCUT2D eigenvalue weighted by Gasteiger charge is -2.12. The smallest absolute Gasteiger partial charge is 0.229 e. The van der Waals surface area contributed by atoms with Gasteiger partial charge in [-0.15, -0.1) is 11.8 Å². The molecule has 0 saturated carbocycles. The predicted molar refractivity (Wildman–Crippen MR) is 98.9 cm³/mol. The maximum absolute atomic E-state index is 13.8. The molecule has 1 aromatic heterocycles. The molecule has 1 N–H and O–H groups in total. The topological polar surface area (TPSA) is 29.1 Å². The molecule has 2 aromatic carbocycles. The van der Waals surface area contributed by atoms with Gasteiger partial charge in [0.15, 0.2) is 23.3 Å². The van der Waals surface area contributed by atoms with Gasteiger partial charge in [0.2, 0.25) is 11.7 Å². The Morgan fingerprint density at radius 1 is 0.929 bits per heavy atom. The van der Waals surface area contributed by atoms with Gasteiger partial charge in [-0.3, -0.25) is 4.79 Å². The molecule has 146 valence electrons. The van der Waals surface area contributed by atoms with E-state index >= 15 is 0 Å². The van der Waals surface area contributed by atoms with E-state index in [2.05, 4.69) is 5.32 Å². The van der Waals surface area contributed by atoms with Gasteiger partial charge in [-0.25, -0.2) is 22.0 Å². The molecule has 0 fully saturated rings. The number of hydrogen-bond donors (Lipinski definition) is 1. The molecule has 3 rings (SSSR count). The van der Waals surface area contributed by atoms with Gasteiger partial charge < -0.3 is 5.32 Å². The van der Waals surface area contributed by atoms with Crippen molar-refractivity contribution in [1.82, 2.24) is 0 Å². The van der Waals surface area contributed by atoms with Crippen molar-refractivity contribution in [2.24, 2.45) is 0 Å². The van der Waals surface area contributed by atoms with Crippen LogP contribution in [0.15, 0.2) is 46.0 Å². The minimum absolute atomic E-state index is 0.386. The molecule has 0 saturated heterocycles. The van der Waals surface area contributed by atoms with Crippen LogP contribution < -0.4 is 5.32 Å². The highest BCUT2D eigenvalue weighted by Crippen LogP contribution is 2.31. The van der Waals surface area contributed by atoms with Crippen molar-refractivity contribution in [2.45, 2.75) is 17.1 Å². The number of amides is 1. The van der Waals surface area contributed by atoms with Crippen molar-refractivity contribution in [1.29, 1.82) is 0 Å². The second kappa shape index (κ2) is 8.74. The van der Waals surface area contributed by atoms with E-state index in [-0.39, 0.29) is 0 Å². The quantitative estimate of drug-likeness (QED) is 0.228. The molecule has 0 aliphatic rings. The van der Waals surface area contributed by atoms with Crippen molar-refractivity contribution < 1.29 is 26.7 Å². The van der Waals surface area contributed by atoms with Crippen LogP contribution >= 0.6 is 23.1 Å². The molecule has 0 spiro atoms. The van der Waals surface area contributed by atoms with E-state index < -0.39 is 47.0 Å². The number of thioether (sulfide) groups is 1. The van der Waals surface area contributed by atoms with Crippen LogP contribution in [0.1, 0.15) is 11.1 Å². The van der Waals surface area contributed by atoms with Crippen LogP contribution in [-0.4, -0.2) is 5.91 Å². The summed E-state index contributed by atoms with van der Waals surface area (Å²) in [6.07, 6.45) is -0.991. The number of hydrogen-bond acceptors (Lipinski definition) is 3. The van der Waals surface area contributed by atoms with Gasteiger partial charge in [0, 0.05) is 16.2 Å². The number of nitrogens with one attached hydrogen (secondary N) is 1. The fourth-order valence-corrected chi connectivity index (χ4v) is 4.12. The standard InChI is InChI=1S/C19H12F5NOS2/c20-15-11(16(21)18(23)19(24)17(15)22)7-14(26)25-12-3-1-2-4-13(12)28-9-10-5-6-27-8-10/h1-6,8H,7,9H2,(H,25,26). The lowest BCUT2D eigenvalue weighted by molar-refractivity contribution is -0.115. The monoisotopic (exact) mass is 429 g/mol. The van der Waals surface area contributed by atoms with E-state index in [1.807, 2.05) is 16.8 Å². The van der Waals surface area contributed by atoms with Crippen LogP contribution in [0.2, 0.25) is 0 Å². The van der Waals surface area contributed by atoms with Gasteiger partial charge >= 0.3 is 0 Å². The van der Waals surface area contributed by atoms with Gasteiger partial charge in [-0.05, 0) is 34.5 Å². The number of benzene rings is 2. The van der Waals surface area contributed by atoms with Crippen LogP contribution in [0.25, 0.3) is 0 Å². The van der Waals surface area contributed by atoms with E-state index in [1.54, 1.807) is 35.6 Å². The summed E-state index contributed by atoms with van der Waals surface area (Å²) >= 11 is 3.00. The Bertz CT molecular complexity index is 979. The zero-order valence-electron chi connectivity index (χ0n) is 14.1. The Morgan fingerprint density at radius 2 is 1.57 bits per heavy atom. The van der Waals surface area contributed by atoms with Crippen molar-refractivity contribution in [3.8, 4) is 0 Å². The summed E-state index contributed by atoms with van der Waals surface area (Å²) in [7, 11) is 0. The molecule has 0 aliphatic carbocycles. The Balaban J connectivity index is 1.76. The van der Waals surface area contributed by atoms with Gasteiger partial charge in [-0.1, -0.05) is 12.1 Å². The highest BCUT2D eigenvalue weighted by atomic mass is 32.2. The Hall–Kier alpha value is -2.39. The van der Waals surface area contributed by atoms with Crippen LogP contribution in [0.4, 0.5) is 27.6 Å². The minimum atomic E-state index is -2.26.